The molecular formula is C23H28N6O3. The van der Waals surface area contributed by atoms with Crippen molar-refractivity contribution < 1.29 is 14.3 Å². The Labute approximate surface area is 187 Å². The summed E-state index contributed by atoms with van der Waals surface area (Å²) >= 11 is 0. The molecule has 1 aliphatic heterocycles. The number of aromatic nitrogens is 2. The Kier molecular flexibility index (Phi) is 6.15. The highest BCUT2D eigenvalue weighted by atomic mass is 16.5. The number of piperidine rings is 1. The van der Waals surface area contributed by atoms with E-state index in [1.807, 2.05) is 12.1 Å². The van der Waals surface area contributed by atoms with Gasteiger partial charge in [0.2, 0.25) is 5.91 Å². The number of carbonyl (C=O) groups excluding carboxylic acids is 2. The second-order valence-electron chi connectivity index (χ2n) is 8.65. The summed E-state index contributed by atoms with van der Waals surface area (Å²) in [6.07, 6.45) is 4.95. The van der Waals surface area contributed by atoms with Crippen molar-refractivity contribution >= 4 is 17.6 Å². The van der Waals surface area contributed by atoms with Gasteiger partial charge in [-0.1, -0.05) is 12.1 Å². The van der Waals surface area contributed by atoms with Crippen LogP contribution in [0.2, 0.25) is 0 Å². The third kappa shape index (κ3) is 4.60. The molecule has 2 amide bonds. The minimum absolute atomic E-state index is 0.0184. The largest absolute Gasteiger partial charge is 0.497 e. The first kappa shape index (κ1) is 21.8. The number of methoxy groups -OCH3 is 1. The van der Waals surface area contributed by atoms with Gasteiger partial charge >= 0.3 is 0 Å². The molecule has 9 heteroatoms. The lowest BCUT2D eigenvalue weighted by atomic mass is 9.84. The summed E-state index contributed by atoms with van der Waals surface area (Å²) in [7, 11) is 1.65. The molecule has 2 aromatic rings. The fourth-order valence-corrected chi connectivity index (χ4v) is 4.20. The Hall–Kier alpha value is -3.38. The molecule has 0 atom stereocenters. The summed E-state index contributed by atoms with van der Waals surface area (Å²) in [5.74, 6) is 0.212. The number of ether oxygens (including phenoxy) is 1. The number of rotatable bonds is 8. The first-order valence-corrected chi connectivity index (χ1v) is 10.9. The number of nitrogens with zero attached hydrogens (tertiary/aromatic N) is 4. The van der Waals surface area contributed by atoms with Crippen LogP contribution in [-0.2, 0) is 16.9 Å². The normalized spacial score (nSPS) is 18.0. The molecule has 2 aliphatic rings. The third-order valence-corrected chi connectivity index (χ3v) is 6.42. The van der Waals surface area contributed by atoms with Crippen LogP contribution in [0.25, 0.3) is 0 Å². The van der Waals surface area contributed by atoms with Crippen LogP contribution >= 0.6 is 0 Å². The fraction of sp³-hybridized carbons (Fsp3) is 0.478. The molecule has 0 radical (unpaired) electrons. The smallest absolute Gasteiger partial charge is 0.254 e. The predicted molar refractivity (Wildman–Crippen MR) is 118 cm³/mol. The molecule has 3 N–H and O–H groups in total. The summed E-state index contributed by atoms with van der Waals surface area (Å²) in [5.41, 5.74) is 6.37. The van der Waals surface area contributed by atoms with Crippen LogP contribution < -0.4 is 15.8 Å². The number of amides is 2. The average Bonchev–Trinajstić information content (AvgIpc) is 3.56. The molecule has 4 rings (SSSR count). The molecule has 2 fully saturated rings. The number of nitrogens with one attached hydrogen (secondary N) is 1. The Balaban J connectivity index is 1.49. The maximum absolute atomic E-state index is 12.2. The molecule has 1 aliphatic carbocycles. The number of nitrogens with two attached hydrogens (primary N) is 1. The molecule has 1 saturated carbocycles. The lowest BCUT2D eigenvalue weighted by Gasteiger charge is -2.40. The second-order valence-corrected chi connectivity index (χ2v) is 8.65. The van der Waals surface area contributed by atoms with Crippen LogP contribution in [-0.4, -0.2) is 46.7 Å². The maximum atomic E-state index is 12.2. The van der Waals surface area contributed by atoms with E-state index in [4.69, 9.17) is 10.5 Å². The number of likely N-dealkylation sites (tertiary alicyclic amines) is 1. The minimum atomic E-state index is -0.647. The standard InChI is InChI=1S/C23H28N6O3/c1-32-18-6-2-16(3-7-18)14-28-12-9-23(8-11-24,10-13-28)29-15-19(20(25)30)21(27-29)26-22(31)17-4-5-17/h2-3,6-7,15,17H,4-5,8-10,12-14H2,1H3,(H2,25,30)(H,26,27,31). The monoisotopic (exact) mass is 436 g/mol. The lowest BCUT2D eigenvalue weighted by molar-refractivity contribution is -0.117. The van der Waals surface area contributed by atoms with E-state index in [0.717, 1.165) is 38.2 Å². The number of hydrogen-bond donors (Lipinski definition) is 2. The first-order chi connectivity index (χ1) is 15.4. The van der Waals surface area contributed by atoms with Gasteiger partial charge in [0.15, 0.2) is 5.82 Å². The maximum Gasteiger partial charge on any atom is 0.254 e. The molecule has 1 aromatic heterocycles. The van der Waals surface area contributed by atoms with Crippen molar-refractivity contribution in [2.24, 2.45) is 11.7 Å². The van der Waals surface area contributed by atoms with Crippen molar-refractivity contribution in [3.63, 3.8) is 0 Å². The predicted octanol–water partition coefficient (Wildman–Crippen LogP) is 2.24. The van der Waals surface area contributed by atoms with Crippen molar-refractivity contribution in [2.45, 2.75) is 44.2 Å². The average molecular weight is 437 g/mol. The Morgan fingerprint density at radius 2 is 1.97 bits per heavy atom. The van der Waals surface area contributed by atoms with Gasteiger partial charge in [0.25, 0.3) is 5.91 Å². The quantitative estimate of drug-likeness (QED) is 0.654. The number of carbonyl (C=O) groups is 2. The van der Waals surface area contributed by atoms with Crippen LogP contribution in [0.4, 0.5) is 5.82 Å². The van der Waals surface area contributed by atoms with Gasteiger partial charge in [0.05, 0.1) is 25.1 Å². The fourth-order valence-electron chi connectivity index (χ4n) is 4.20. The number of nitriles is 1. The molecule has 2 heterocycles. The van der Waals surface area contributed by atoms with Gasteiger partial charge in [-0.15, -0.1) is 0 Å². The molecule has 0 unspecified atom stereocenters. The van der Waals surface area contributed by atoms with Gasteiger partial charge in [0.1, 0.15) is 11.3 Å². The van der Waals surface area contributed by atoms with E-state index in [-0.39, 0.29) is 29.6 Å². The molecule has 1 saturated heterocycles. The Morgan fingerprint density at radius 1 is 1.28 bits per heavy atom. The molecule has 1 aromatic carbocycles. The van der Waals surface area contributed by atoms with Crippen molar-refractivity contribution in [2.75, 3.05) is 25.5 Å². The highest BCUT2D eigenvalue weighted by Gasteiger charge is 2.39. The molecule has 32 heavy (non-hydrogen) atoms. The first-order valence-electron chi connectivity index (χ1n) is 10.9. The van der Waals surface area contributed by atoms with Crippen LogP contribution in [0, 0.1) is 17.2 Å². The lowest BCUT2D eigenvalue weighted by Crippen LogP contribution is -2.46. The highest BCUT2D eigenvalue weighted by Crippen LogP contribution is 2.36. The van der Waals surface area contributed by atoms with Gasteiger partial charge in [-0.2, -0.15) is 10.4 Å². The molecule has 9 nitrogen and oxygen atoms in total. The summed E-state index contributed by atoms with van der Waals surface area (Å²) in [6.45, 7) is 2.37. The van der Waals surface area contributed by atoms with E-state index in [2.05, 4.69) is 33.5 Å². The molecule has 0 bridgehead atoms. The zero-order valence-electron chi connectivity index (χ0n) is 18.2. The molecular weight excluding hydrogens is 408 g/mol. The van der Waals surface area contributed by atoms with E-state index in [0.29, 0.717) is 12.8 Å². The SMILES string of the molecule is COc1ccc(CN2CCC(CC#N)(n3cc(C(N)=O)c(NC(=O)C4CC4)n3)CC2)cc1. The third-order valence-electron chi connectivity index (χ3n) is 6.42. The summed E-state index contributed by atoms with van der Waals surface area (Å²) in [6, 6.07) is 10.3. The Bertz CT molecular complexity index is 1030. The van der Waals surface area contributed by atoms with E-state index in [1.165, 1.54) is 5.56 Å². The van der Waals surface area contributed by atoms with Crippen molar-refractivity contribution in [3.05, 3.63) is 41.6 Å². The van der Waals surface area contributed by atoms with E-state index in [1.54, 1.807) is 18.0 Å². The van der Waals surface area contributed by atoms with Gasteiger partial charge < -0.3 is 15.8 Å². The van der Waals surface area contributed by atoms with Crippen LogP contribution in [0.15, 0.2) is 30.5 Å². The van der Waals surface area contributed by atoms with E-state index < -0.39 is 11.4 Å². The number of benzene rings is 1. The summed E-state index contributed by atoms with van der Waals surface area (Å²) < 4.78 is 6.90. The van der Waals surface area contributed by atoms with Gasteiger partial charge in [0, 0.05) is 31.7 Å². The minimum Gasteiger partial charge on any atom is -0.497 e. The number of hydrogen-bond acceptors (Lipinski definition) is 6. The molecule has 168 valence electrons. The van der Waals surface area contributed by atoms with Crippen molar-refractivity contribution in [1.29, 1.82) is 5.26 Å². The van der Waals surface area contributed by atoms with Gasteiger partial charge in [-0.3, -0.25) is 19.2 Å². The van der Waals surface area contributed by atoms with Crippen molar-refractivity contribution in [3.8, 4) is 11.8 Å². The van der Waals surface area contributed by atoms with Crippen LogP contribution in [0.5, 0.6) is 5.75 Å². The van der Waals surface area contributed by atoms with E-state index >= 15 is 0 Å². The van der Waals surface area contributed by atoms with Crippen molar-refractivity contribution in [1.82, 2.24) is 14.7 Å². The van der Waals surface area contributed by atoms with E-state index in [9.17, 15) is 14.9 Å². The second kappa shape index (κ2) is 9.01. The van der Waals surface area contributed by atoms with Gasteiger partial charge in [-0.25, -0.2) is 0 Å². The Morgan fingerprint density at radius 3 is 2.53 bits per heavy atom. The zero-order valence-corrected chi connectivity index (χ0v) is 18.2. The highest BCUT2D eigenvalue weighted by molar-refractivity contribution is 6.02. The number of primary amides is 1. The summed E-state index contributed by atoms with van der Waals surface area (Å²) in [4.78, 5) is 26.5. The van der Waals surface area contributed by atoms with Crippen LogP contribution in [0.1, 0.15) is 48.0 Å². The topological polar surface area (TPSA) is 126 Å². The summed E-state index contributed by atoms with van der Waals surface area (Å²) in [5, 5.41) is 16.8. The van der Waals surface area contributed by atoms with Gasteiger partial charge in [-0.05, 0) is 43.4 Å². The van der Waals surface area contributed by atoms with Crippen LogP contribution in [0.3, 0.4) is 0 Å². The zero-order chi connectivity index (χ0) is 22.7. The molecule has 0 spiro atoms. The number of anilines is 1.